The molecule has 4 atom stereocenters. The maximum Gasteiger partial charge on any atom is 0.0930 e. The van der Waals surface area contributed by atoms with Crippen LogP contribution in [0.25, 0.3) is 0 Å². The average Bonchev–Trinajstić information content (AvgIpc) is 3.43. The van der Waals surface area contributed by atoms with E-state index in [-0.39, 0.29) is 0 Å². The summed E-state index contributed by atoms with van der Waals surface area (Å²) < 4.78 is 11.5. The first-order valence-electron chi connectivity index (χ1n) is 9.30. The lowest BCUT2D eigenvalue weighted by Gasteiger charge is -2.35. The quantitative estimate of drug-likeness (QED) is 0.679. The number of hydrogen-bond donors (Lipinski definition) is 0. The summed E-state index contributed by atoms with van der Waals surface area (Å²) in [6, 6.07) is 0. The Balaban J connectivity index is 1.41. The van der Waals surface area contributed by atoms with Gasteiger partial charge in [0.1, 0.15) is 0 Å². The van der Waals surface area contributed by atoms with Gasteiger partial charge in [-0.3, -0.25) is 0 Å². The molecule has 2 saturated carbocycles. The summed E-state index contributed by atoms with van der Waals surface area (Å²) in [7, 11) is 0. The average molecular weight is 311 g/mol. The molecule has 4 unspecified atom stereocenters. The molecule has 0 spiro atoms. The van der Waals surface area contributed by atoms with Crippen molar-refractivity contribution in [3.05, 3.63) is 0 Å². The van der Waals surface area contributed by atoms with Crippen LogP contribution in [0.2, 0.25) is 0 Å². The van der Waals surface area contributed by atoms with Crippen LogP contribution in [-0.4, -0.2) is 35.9 Å². The fraction of sp³-hybridized carbons (Fsp3) is 1.00. The molecule has 3 heteroatoms. The van der Waals surface area contributed by atoms with E-state index in [9.17, 15) is 0 Å². The number of ether oxygens (including phenoxy) is 2. The minimum absolute atomic E-state index is 0.572. The van der Waals surface area contributed by atoms with E-state index >= 15 is 0 Å². The van der Waals surface area contributed by atoms with Gasteiger partial charge >= 0.3 is 0 Å². The Morgan fingerprint density at radius 1 is 0.619 bits per heavy atom. The van der Waals surface area contributed by atoms with Gasteiger partial charge in [0.2, 0.25) is 0 Å². The Bertz CT molecular complexity index is 296. The molecular weight excluding hydrogens is 280 g/mol. The van der Waals surface area contributed by atoms with Crippen LogP contribution in [0.1, 0.15) is 64.2 Å². The van der Waals surface area contributed by atoms with E-state index in [2.05, 4.69) is 11.8 Å². The normalized spacial score (nSPS) is 37.1. The fourth-order valence-corrected chi connectivity index (χ4v) is 6.62. The van der Waals surface area contributed by atoms with Crippen molar-refractivity contribution in [2.24, 2.45) is 11.8 Å². The van der Waals surface area contributed by atoms with Gasteiger partial charge < -0.3 is 9.47 Å². The molecule has 2 aliphatic heterocycles. The second kappa shape index (κ2) is 6.80. The van der Waals surface area contributed by atoms with Gasteiger partial charge in [-0.05, 0) is 37.5 Å². The van der Waals surface area contributed by atoms with Crippen LogP contribution in [0.15, 0.2) is 0 Å². The molecule has 0 N–H and O–H groups in total. The van der Waals surface area contributed by atoms with Crippen molar-refractivity contribution in [2.75, 3.05) is 13.2 Å². The fourth-order valence-electron chi connectivity index (χ4n) is 4.60. The highest BCUT2D eigenvalue weighted by atomic mass is 32.2. The van der Waals surface area contributed by atoms with Gasteiger partial charge in [-0.2, -0.15) is 0 Å². The van der Waals surface area contributed by atoms with Crippen molar-refractivity contribution >= 4 is 11.8 Å². The Labute approximate surface area is 133 Å². The van der Waals surface area contributed by atoms with Gasteiger partial charge in [0.05, 0.1) is 25.4 Å². The summed E-state index contributed by atoms with van der Waals surface area (Å²) in [5.74, 6) is 1.84. The number of epoxide rings is 2. The first-order valence-corrected chi connectivity index (χ1v) is 10.2. The number of hydrogen-bond acceptors (Lipinski definition) is 3. The third-order valence-electron chi connectivity index (χ3n) is 5.99. The summed E-state index contributed by atoms with van der Waals surface area (Å²) in [5.41, 5.74) is 0. The van der Waals surface area contributed by atoms with Crippen LogP contribution in [0.4, 0.5) is 0 Å². The molecule has 21 heavy (non-hydrogen) atoms. The van der Waals surface area contributed by atoms with Crippen LogP contribution in [-0.2, 0) is 9.47 Å². The van der Waals surface area contributed by atoms with Crippen LogP contribution in [0.3, 0.4) is 0 Å². The highest BCUT2D eigenvalue weighted by Crippen LogP contribution is 2.46. The second-order valence-corrected chi connectivity index (χ2v) is 8.97. The monoisotopic (exact) mass is 310 g/mol. The molecule has 2 nitrogen and oxygen atoms in total. The van der Waals surface area contributed by atoms with Crippen molar-refractivity contribution in [1.29, 1.82) is 0 Å². The zero-order valence-electron chi connectivity index (χ0n) is 13.2. The highest BCUT2D eigenvalue weighted by Gasteiger charge is 2.45. The molecule has 0 radical (unpaired) electrons. The van der Waals surface area contributed by atoms with Crippen molar-refractivity contribution < 1.29 is 9.47 Å². The van der Waals surface area contributed by atoms with Crippen LogP contribution < -0.4 is 0 Å². The molecule has 2 saturated heterocycles. The van der Waals surface area contributed by atoms with E-state index < -0.39 is 0 Å². The van der Waals surface area contributed by atoms with E-state index in [1.807, 2.05) is 0 Å². The second-order valence-electron chi connectivity index (χ2n) is 7.61. The molecule has 0 aromatic rings. The molecule has 0 amide bonds. The van der Waals surface area contributed by atoms with Crippen molar-refractivity contribution in [3.63, 3.8) is 0 Å². The first-order chi connectivity index (χ1) is 10.4. The first kappa shape index (κ1) is 14.8. The van der Waals surface area contributed by atoms with Gasteiger partial charge in [-0.15, -0.1) is 11.8 Å². The van der Waals surface area contributed by atoms with Crippen LogP contribution >= 0.6 is 11.8 Å². The minimum atomic E-state index is 0.572. The molecule has 120 valence electrons. The topological polar surface area (TPSA) is 25.1 Å². The largest absolute Gasteiger partial charge is 0.372 e. The lowest BCUT2D eigenvalue weighted by atomic mass is 9.85. The van der Waals surface area contributed by atoms with E-state index in [1.165, 1.54) is 64.2 Å². The van der Waals surface area contributed by atoms with Gasteiger partial charge in [-0.25, -0.2) is 0 Å². The van der Waals surface area contributed by atoms with Gasteiger partial charge in [-0.1, -0.05) is 38.5 Å². The molecule has 0 aromatic carbocycles. The molecule has 4 rings (SSSR count). The van der Waals surface area contributed by atoms with E-state index in [0.717, 1.165) is 35.5 Å². The Kier molecular flexibility index (Phi) is 4.80. The van der Waals surface area contributed by atoms with Crippen molar-refractivity contribution in [3.8, 4) is 0 Å². The molecule has 4 fully saturated rings. The molecule has 0 aromatic heterocycles. The summed E-state index contributed by atoms with van der Waals surface area (Å²) >= 11 is 2.29. The highest BCUT2D eigenvalue weighted by molar-refractivity contribution is 8.00. The van der Waals surface area contributed by atoms with Crippen LogP contribution in [0.5, 0.6) is 0 Å². The SMILES string of the molecule is C1CCC(C(SC(C2CCCCC2)C2CO2)C2CO2)CC1. The Hall–Kier alpha value is 0.270. The van der Waals surface area contributed by atoms with Gasteiger partial charge in [0, 0.05) is 10.5 Å². The lowest BCUT2D eigenvalue weighted by molar-refractivity contribution is 0.287. The zero-order valence-corrected chi connectivity index (χ0v) is 14.0. The van der Waals surface area contributed by atoms with Gasteiger partial charge in [0.15, 0.2) is 0 Å². The predicted octanol–water partition coefficient (Wildman–Crippen LogP) is 4.42. The maximum absolute atomic E-state index is 5.75. The number of rotatable bonds is 6. The summed E-state index contributed by atoms with van der Waals surface area (Å²) in [6.45, 7) is 2.05. The van der Waals surface area contributed by atoms with E-state index in [0.29, 0.717) is 12.2 Å². The van der Waals surface area contributed by atoms with Gasteiger partial charge in [0.25, 0.3) is 0 Å². The zero-order chi connectivity index (χ0) is 14.1. The third-order valence-corrected chi connectivity index (χ3v) is 8.00. The van der Waals surface area contributed by atoms with E-state index in [4.69, 9.17) is 9.47 Å². The Morgan fingerprint density at radius 2 is 1.00 bits per heavy atom. The maximum atomic E-state index is 5.75. The lowest BCUT2D eigenvalue weighted by Crippen LogP contribution is -2.33. The summed E-state index contributed by atoms with van der Waals surface area (Å²) in [5, 5.41) is 1.53. The third kappa shape index (κ3) is 3.79. The molecule has 0 bridgehead atoms. The smallest absolute Gasteiger partial charge is 0.0930 e. The summed E-state index contributed by atoms with van der Waals surface area (Å²) in [6.07, 6.45) is 15.6. The molecule has 2 heterocycles. The van der Waals surface area contributed by atoms with E-state index in [1.54, 1.807) is 0 Å². The standard InChI is InChI=1S/C18H30O2S/c1-3-7-13(8-4-1)17(15-11-19-15)21-18(16-12-20-16)14-9-5-2-6-10-14/h13-18H,1-12H2. The van der Waals surface area contributed by atoms with Crippen molar-refractivity contribution in [2.45, 2.75) is 86.9 Å². The van der Waals surface area contributed by atoms with Crippen LogP contribution in [0, 0.1) is 11.8 Å². The Morgan fingerprint density at radius 3 is 1.33 bits per heavy atom. The molecule has 4 aliphatic rings. The predicted molar refractivity (Wildman–Crippen MR) is 87.8 cm³/mol. The van der Waals surface area contributed by atoms with Crippen molar-refractivity contribution in [1.82, 2.24) is 0 Å². The summed E-state index contributed by atoms with van der Waals surface area (Å²) in [4.78, 5) is 0. The molecule has 2 aliphatic carbocycles. The number of thioether (sulfide) groups is 1. The minimum Gasteiger partial charge on any atom is -0.372 e. The molecular formula is C18H30O2S.